The zero-order valence-corrected chi connectivity index (χ0v) is 8.82. The lowest BCUT2D eigenvalue weighted by Gasteiger charge is -2.14. The average molecular weight is 202 g/mol. The van der Waals surface area contributed by atoms with Crippen molar-refractivity contribution >= 4 is 12.0 Å². The second-order valence-corrected chi connectivity index (χ2v) is 3.71. The number of benzene rings is 1. The van der Waals surface area contributed by atoms with Crippen LogP contribution in [-0.4, -0.2) is 5.97 Å². The quantitative estimate of drug-likeness (QED) is 0.689. The molecule has 0 radical (unpaired) electrons. The largest absolute Gasteiger partial charge is 0.461 e. The Morgan fingerprint density at radius 2 is 2.33 bits per heavy atom. The number of rotatable bonds is 2. The molecule has 0 saturated carbocycles. The van der Waals surface area contributed by atoms with Crippen LogP contribution < -0.4 is 0 Å². The molecule has 2 heteroatoms. The van der Waals surface area contributed by atoms with Crippen LogP contribution in [0.5, 0.6) is 0 Å². The van der Waals surface area contributed by atoms with Crippen LogP contribution >= 0.6 is 0 Å². The van der Waals surface area contributed by atoms with Gasteiger partial charge in [0.2, 0.25) is 0 Å². The first-order chi connectivity index (χ1) is 7.27. The molecular weight excluding hydrogens is 188 g/mol. The van der Waals surface area contributed by atoms with Crippen molar-refractivity contribution in [2.45, 2.75) is 26.4 Å². The molecule has 0 N–H and O–H groups in total. The number of fused-ring (bicyclic) bond motifs is 1. The summed E-state index contributed by atoms with van der Waals surface area (Å²) in [5.41, 5.74) is 3.67. The minimum absolute atomic E-state index is 0.229. The molecule has 0 spiro atoms. The summed E-state index contributed by atoms with van der Waals surface area (Å²) in [6.45, 7) is 1.81. The molecule has 2 rings (SSSR count). The van der Waals surface area contributed by atoms with Crippen molar-refractivity contribution in [2.75, 3.05) is 0 Å². The summed E-state index contributed by atoms with van der Waals surface area (Å²) in [7, 11) is 0. The topological polar surface area (TPSA) is 26.3 Å². The Hall–Kier alpha value is -1.57. The highest BCUT2D eigenvalue weighted by Crippen LogP contribution is 2.23. The molecule has 0 aromatic heterocycles. The van der Waals surface area contributed by atoms with E-state index in [-0.39, 0.29) is 5.97 Å². The molecule has 0 bridgehead atoms. The van der Waals surface area contributed by atoms with Crippen LogP contribution in [0.2, 0.25) is 0 Å². The summed E-state index contributed by atoms with van der Waals surface area (Å²) in [4.78, 5) is 10.7. The smallest absolute Gasteiger partial charge is 0.302 e. The zero-order valence-electron chi connectivity index (χ0n) is 8.82. The lowest BCUT2D eigenvalue weighted by Crippen LogP contribution is -2.03. The Bertz CT molecular complexity index is 405. The fourth-order valence-electron chi connectivity index (χ4n) is 1.84. The maximum atomic E-state index is 10.7. The van der Waals surface area contributed by atoms with E-state index < -0.39 is 0 Å². The molecule has 0 heterocycles. The summed E-state index contributed by atoms with van der Waals surface area (Å²) < 4.78 is 5.02. The van der Waals surface area contributed by atoms with Gasteiger partial charge in [0, 0.05) is 6.92 Å². The number of aryl methyl sites for hydroxylation is 1. The Kier molecular flexibility index (Phi) is 2.86. The maximum Gasteiger partial charge on any atom is 0.302 e. The van der Waals surface area contributed by atoms with Crippen LogP contribution in [0.25, 0.3) is 6.08 Å². The second-order valence-electron chi connectivity index (χ2n) is 3.71. The summed E-state index contributed by atoms with van der Waals surface area (Å²) in [5.74, 6) is -0.229. The monoisotopic (exact) mass is 202 g/mol. The molecule has 1 aromatic carbocycles. The maximum absolute atomic E-state index is 10.7. The number of carbonyl (C=O) groups excluding carboxylic acids is 1. The molecule has 0 saturated heterocycles. The van der Waals surface area contributed by atoms with E-state index in [1.54, 1.807) is 0 Å². The van der Waals surface area contributed by atoms with Crippen molar-refractivity contribution in [2.24, 2.45) is 0 Å². The van der Waals surface area contributed by atoms with Crippen molar-refractivity contribution in [3.05, 3.63) is 41.0 Å². The van der Waals surface area contributed by atoms with Gasteiger partial charge in [-0.05, 0) is 29.5 Å². The number of hydrogen-bond acceptors (Lipinski definition) is 2. The number of carbonyl (C=O) groups is 1. The van der Waals surface area contributed by atoms with Crippen molar-refractivity contribution in [3.63, 3.8) is 0 Å². The van der Waals surface area contributed by atoms with Gasteiger partial charge in [0.15, 0.2) is 0 Å². The lowest BCUT2D eigenvalue weighted by molar-refractivity contribution is -0.142. The normalized spacial score (nSPS) is 13.4. The summed E-state index contributed by atoms with van der Waals surface area (Å²) >= 11 is 0. The molecule has 78 valence electrons. The van der Waals surface area contributed by atoms with E-state index >= 15 is 0 Å². The van der Waals surface area contributed by atoms with Gasteiger partial charge >= 0.3 is 5.97 Å². The standard InChI is InChI=1S/C13H14O2/c1-10(14)15-9-12-7-4-6-11-5-2-3-8-13(11)12/h3-4,6-8H,2,5,9H2,1H3. The van der Waals surface area contributed by atoms with Crippen LogP contribution in [0, 0.1) is 0 Å². The highest BCUT2D eigenvalue weighted by molar-refractivity contribution is 5.66. The third-order valence-electron chi connectivity index (χ3n) is 2.58. The molecule has 0 unspecified atom stereocenters. The van der Waals surface area contributed by atoms with E-state index in [0.29, 0.717) is 6.61 Å². The molecule has 0 aliphatic heterocycles. The lowest BCUT2D eigenvalue weighted by atomic mass is 9.93. The molecule has 1 aromatic rings. The minimum Gasteiger partial charge on any atom is -0.461 e. The van der Waals surface area contributed by atoms with E-state index in [1.807, 2.05) is 12.1 Å². The molecule has 1 aliphatic carbocycles. The highest BCUT2D eigenvalue weighted by Gasteiger charge is 2.09. The Balaban J connectivity index is 2.25. The predicted octanol–water partition coefficient (Wildman–Crippen LogP) is 2.71. The first-order valence-corrected chi connectivity index (χ1v) is 5.18. The van der Waals surface area contributed by atoms with E-state index in [4.69, 9.17) is 4.74 Å². The molecule has 0 atom stereocenters. The van der Waals surface area contributed by atoms with E-state index in [9.17, 15) is 4.79 Å². The van der Waals surface area contributed by atoms with Gasteiger partial charge in [-0.2, -0.15) is 0 Å². The van der Waals surface area contributed by atoms with Crippen molar-refractivity contribution in [1.82, 2.24) is 0 Å². The highest BCUT2D eigenvalue weighted by atomic mass is 16.5. The fraction of sp³-hybridized carbons (Fsp3) is 0.308. The van der Waals surface area contributed by atoms with Gasteiger partial charge in [-0.25, -0.2) is 0 Å². The van der Waals surface area contributed by atoms with Crippen molar-refractivity contribution in [3.8, 4) is 0 Å². The minimum atomic E-state index is -0.229. The molecule has 0 fully saturated rings. The van der Waals surface area contributed by atoms with Gasteiger partial charge in [0.25, 0.3) is 0 Å². The van der Waals surface area contributed by atoms with Gasteiger partial charge in [-0.1, -0.05) is 30.4 Å². The fourth-order valence-corrected chi connectivity index (χ4v) is 1.84. The number of esters is 1. The molecule has 1 aliphatic rings. The van der Waals surface area contributed by atoms with Crippen molar-refractivity contribution < 1.29 is 9.53 Å². The van der Waals surface area contributed by atoms with E-state index in [1.165, 1.54) is 18.1 Å². The summed E-state index contributed by atoms with van der Waals surface area (Å²) in [6.07, 6.45) is 6.47. The number of allylic oxidation sites excluding steroid dienone is 1. The van der Waals surface area contributed by atoms with Crippen LogP contribution in [0.15, 0.2) is 24.3 Å². The van der Waals surface area contributed by atoms with Crippen LogP contribution in [0.4, 0.5) is 0 Å². The number of ether oxygens (including phenoxy) is 1. The average Bonchev–Trinajstić information content (AvgIpc) is 2.26. The molecule has 0 amide bonds. The Morgan fingerprint density at radius 1 is 1.47 bits per heavy atom. The zero-order chi connectivity index (χ0) is 10.7. The second kappa shape index (κ2) is 4.30. The summed E-state index contributed by atoms with van der Waals surface area (Å²) in [6, 6.07) is 6.17. The van der Waals surface area contributed by atoms with Gasteiger partial charge in [0.05, 0.1) is 0 Å². The Labute approximate surface area is 89.6 Å². The third kappa shape index (κ3) is 2.27. The van der Waals surface area contributed by atoms with Crippen molar-refractivity contribution in [1.29, 1.82) is 0 Å². The van der Waals surface area contributed by atoms with Gasteiger partial charge in [0.1, 0.15) is 6.61 Å². The van der Waals surface area contributed by atoms with Gasteiger partial charge in [-0.3, -0.25) is 4.79 Å². The van der Waals surface area contributed by atoms with Crippen LogP contribution in [-0.2, 0) is 22.6 Å². The third-order valence-corrected chi connectivity index (χ3v) is 2.58. The number of hydrogen-bond donors (Lipinski definition) is 0. The molecular formula is C13H14O2. The predicted molar refractivity (Wildman–Crippen MR) is 59.3 cm³/mol. The first kappa shape index (κ1) is 9.97. The van der Waals surface area contributed by atoms with E-state index in [2.05, 4.69) is 18.2 Å². The SMILES string of the molecule is CC(=O)OCc1cccc2c1C=CCC2. The van der Waals surface area contributed by atoms with Gasteiger partial charge < -0.3 is 4.74 Å². The first-order valence-electron chi connectivity index (χ1n) is 5.18. The van der Waals surface area contributed by atoms with Crippen LogP contribution in [0.1, 0.15) is 30.0 Å². The van der Waals surface area contributed by atoms with Gasteiger partial charge in [-0.15, -0.1) is 0 Å². The molecule has 2 nitrogen and oxygen atoms in total. The summed E-state index contributed by atoms with van der Waals surface area (Å²) in [5, 5.41) is 0. The van der Waals surface area contributed by atoms with Crippen LogP contribution in [0.3, 0.4) is 0 Å². The van der Waals surface area contributed by atoms with E-state index in [0.717, 1.165) is 18.4 Å². The molecule has 15 heavy (non-hydrogen) atoms. The Morgan fingerprint density at radius 3 is 3.13 bits per heavy atom.